The van der Waals surface area contributed by atoms with E-state index in [4.69, 9.17) is 16.3 Å². The molecule has 2 aromatic carbocycles. The molecule has 0 amide bonds. The van der Waals surface area contributed by atoms with Crippen LogP contribution in [0.15, 0.2) is 52.9 Å². The van der Waals surface area contributed by atoms with E-state index in [0.29, 0.717) is 45.0 Å². The molecule has 18 heteroatoms. The third-order valence-electron chi connectivity index (χ3n) is 7.72. The van der Waals surface area contributed by atoms with Crippen LogP contribution >= 0.6 is 22.9 Å². The predicted molar refractivity (Wildman–Crippen MR) is 174 cm³/mol. The number of nitriles is 1. The number of halogens is 7. The fourth-order valence-corrected chi connectivity index (χ4v) is 6.74. The first kappa shape index (κ1) is 35.2. The van der Waals surface area contributed by atoms with Gasteiger partial charge in [-0.05, 0) is 44.2 Å². The van der Waals surface area contributed by atoms with Gasteiger partial charge in [0.1, 0.15) is 24.3 Å². The Morgan fingerprint density at radius 1 is 1.04 bits per heavy atom. The summed E-state index contributed by atoms with van der Waals surface area (Å²) in [7, 11) is 0. The van der Waals surface area contributed by atoms with Gasteiger partial charge in [0.25, 0.3) is 5.56 Å². The number of fused-ring (bicyclic) bond motifs is 2. The van der Waals surface area contributed by atoms with Gasteiger partial charge in [0.2, 0.25) is 0 Å². The Morgan fingerprint density at radius 3 is 2.45 bits per heavy atom. The number of pyridine rings is 1. The minimum Gasteiger partial charge on any atom is -0.491 e. The summed E-state index contributed by atoms with van der Waals surface area (Å²) in [5.74, 6) is -0.905. The Kier molecular flexibility index (Phi) is 8.94. The monoisotopic (exact) mass is 744 g/mol. The van der Waals surface area contributed by atoms with Gasteiger partial charge < -0.3 is 9.84 Å². The number of carboxylic acid groups (broad SMARTS) is 1. The molecule has 0 bridgehead atoms. The lowest BCUT2D eigenvalue weighted by Gasteiger charge is -2.18. The first-order valence-corrected chi connectivity index (χ1v) is 15.7. The number of nitrogens with zero attached hydrogens (tertiary/aromatic N) is 6. The highest BCUT2D eigenvalue weighted by Crippen LogP contribution is 2.42. The van der Waals surface area contributed by atoms with Gasteiger partial charge in [0.05, 0.1) is 62.4 Å². The molecule has 6 aromatic rings. The molecule has 0 aliphatic heterocycles. The summed E-state index contributed by atoms with van der Waals surface area (Å²) in [5, 5.41) is 20.9. The smallest absolute Gasteiger partial charge is 0.434 e. The van der Waals surface area contributed by atoms with Gasteiger partial charge in [0, 0.05) is 32.8 Å². The Balaban J connectivity index is 1.43. The molecule has 4 aromatic heterocycles. The van der Waals surface area contributed by atoms with E-state index in [1.807, 2.05) is 0 Å². The SMILES string of the molecule is Cc1cc(-c2cc(Cl)ccc2OCCn2c(C)nc3cc(C(F)(F)F)c(-c4cncc(C(F)(F)F)n4)c(C#N)c3c2=O)c2scc(C(=O)O)c2n1. The molecule has 0 unspecified atom stereocenters. The number of hydrogen-bond acceptors (Lipinski definition) is 9. The van der Waals surface area contributed by atoms with Crippen LogP contribution < -0.4 is 10.3 Å². The topological polar surface area (TPSA) is 144 Å². The molecule has 0 aliphatic rings. The minimum atomic E-state index is -5.18. The maximum absolute atomic E-state index is 14.3. The van der Waals surface area contributed by atoms with Gasteiger partial charge in [0.15, 0.2) is 5.69 Å². The van der Waals surface area contributed by atoms with Crippen molar-refractivity contribution in [3.63, 3.8) is 0 Å². The molecule has 51 heavy (non-hydrogen) atoms. The number of thiophene rings is 1. The molecule has 1 N–H and O–H groups in total. The van der Waals surface area contributed by atoms with Crippen molar-refractivity contribution in [1.29, 1.82) is 5.26 Å². The van der Waals surface area contributed by atoms with E-state index >= 15 is 0 Å². The predicted octanol–water partition coefficient (Wildman–Crippen LogP) is 8.09. The second kappa shape index (κ2) is 12.9. The molecule has 0 radical (unpaired) electrons. The van der Waals surface area contributed by atoms with Crippen molar-refractivity contribution in [2.45, 2.75) is 32.7 Å². The Morgan fingerprint density at radius 2 is 1.78 bits per heavy atom. The number of ether oxygens (including phenoxy) is 1. The van der Waals surface area contributed by atoms with Crippen molar-refractivity contribution in [3.8, 4) is 34.2 Å². The van der Waals surface area contributed by atoms with E-state index in [0.717, 1.165) is 15.9 Å². The van der Waals surface area contributed by atoms with Gasteiger partial charge in [-0.2, -0.15) is 31.6 Å². The van der Waals surface area contributed by atoms with Crippen molar-refractivity contribution < 1.29 is 41.0 Å². The van der Waals surface area contributed by atoms with Crippen LogP contribution in [-0.2, 0) is 18.9 Å². The minimum absolute atomic E-state index is 0.0189. The summed E-state index contributed by atoms with van der Waals surface area (Å²) < 4.78 is 90.8. The number of aromatic nitrogens is 5. The van der Waals surface area contributed by atoms with Crippen molar-refractivity contribution in [1.82, 2.24) is 24.5 Å². The van der Waals surface area contributed by atoms with E-state index in [1.54, 1.807) is 37.3 Å². The third-order valence-corrected chi connectivity index (χ3v) is 8.96. The van der Waals surface area contributed by atoms with Gasteiger partial charge in [-0.1, -0.05) is 11.6 Å². The van der Waals surface area contributed by atoms with Crippen LogP contribution in [0.1, 0.15) is 38.7 Å². The van der Waals surface area contributed by atoms with Crippen molar-refractivity contribution in [2.24, 2.45) is 0 Å². The molecule has 10 nitrogen and oxygen atoms in total. The van der Waals surface area contributed by atoms with Crippen LogP contribution in [0.2, 0.25) is 5.02 Å². The largest absolute Gasteiger partial charge is 0.491 e. The molecular formula is C33H19ClF6N6O4S. The first-order valence-electron chi connectivity index (χ1n) is 14.5. The number of carbonyl (C=O) groups is 1. The van der Waals surface area contributed by atoms with Gasteiger partial charge in [-0.25, -0.2) is 14.8 Å². The Hall–Kier alpha value is -5.60. The van der Waals surface area contributed by atoms with E-state index in [9.17, 15) is 46.3 Å². The summed E-state index contributed by atoms with van der Waals surface area (Å²) >= 11 is 7.48. The molecule has 0 fully saturated rings. The molecule has 0 atom stereocenters. The van der Waals surface area contributed by atoms with Crippen molar-refractivity contribution in [2.75, 3.05) is 6.61 Å². The number of benzene rings is 2. The summed E-state index contributed by atoms with van der Waals surface area (Å²) in [5.41, 5.74) is -5.54. The standard InChI is InChI=1S/C33H19ClF6N6O4S/c1-14-7-18(29-28(43-14)20(13-51-29)31(48)49)17-8-16(34)3-4-24(17)50-6-5-46-15(2)44-22-9-21(32(35,36)37)26(19(10-41)27(22)30(46)47)23-11-42-12-25(45-23)33(38,39)40/h3-4,7-9,11-13H,5-6H2,1-2H3,(H,48,49). The van der Waals surface area contributed by atoms with E-state index in [-0.39, 0.29) is 35.8 Å². The Labute approximate surface area is 291 Å². The summed E-state index contributed by atoms with van der Waals surface area (Å²) in [4.78, 5) is 40.9. The lowest BCUT2D eigenvalue weighted by molar-refractivity contribution is -0.141. The lowest BCUT2D eigenvalue weighted by atomic mass is 9.94. The fourth-order valence-electron chi connectivity index (χ4n) is 5.55. The zero-order chi connectivity index (χ0) is 37.0. The second-order valence-electron chi connectivity index (χ2n) is 11.0. The number of aromatic carboxylic acids is 1. The highest BCUT2D eigenvalue weighted by atomic mass is 35.5. The number of alkyl halides is 6. The maximum Gasteiger partial charge on any atom is 0.434 e. The van der Waals surface area contributed by atoms with E-state index in [2.05, 4.69) is 19.9 Å². The zero-order valence-electron chi connectivity index (χ0n) is 25.9. The molecule has 0 aliphatic carbocycles. The number of hydrogen-bond donors (Lipinski definition) is 1. The van der Waals surface area contributed by atoms with E-state index in [1.165, 1.54) is 12.3 Å². The number of aryl methyl sites for hydroxylation is 2. The van der Waals surface area contributed by atoms with Crippen LogP contribution in [0.25, 0.3) is 43.5 Å². The molecule has 4 heterocycles. The Bertz CT molecular complexity index is 2510. The van der Waals surface area contributed by atoms with Crippen LogP contribution in [0.3, 0.4) is 0 Å². The van der Waals surface area contributed by atoms with Crippen LogP contribution in [-0.4, -0.2) is 42.2 Å². The molecule has 260 valence electrons. The highest BCUT2D eigenvalue weighted by molar-refractivity contribution is 7.18. The van der Waals surface area contributed by atoms with Crippen LogP contribution in [0.4, 0.5) is 26.3 Å². The average Bonchev–Trinajstić information content (AvgIpc) is 3.49. The quantitative estimate of drug-likeness (QED) is 0.160. The molecule has 0 spiro atoms. The second-order valence-corrected chi connectivity index (χ2v) is 12.3. The van der Waals surface area contributed by atoms with Gasteiger partial charge >= 0.3 is 18.3 Å². The fraction of sp³-hybridized carbons (Fsp3) is 0.182. The average molecular weight is 745 g/mol. The van der Waals surface area contributed by atoms with Crippen molar-refractivity contribution >= 4 is 50.0 Å². The first-order chi connectivity index (χ1) is 24.0. The number of carboxylic acids is 1. The normalized spacial score (nSPS) is 12.0. The van der Waals surface area contributed by atoms with Crippen LogP contribution in [0, 0.1) is 25.2 Å². The van der Waals surface area contributed by atoms with E-state index < -0.39 is 62.9 Å². The maximum atomic E-state index is 14.3. The molecule has 6 rings (SSSR count). The molecular weight excluding hydrogens is 726 g/mol. The van der Waals surface area contributed by atoms with Crippen LogP contribution in [0.5, 0.6) is 5.75 Å². The number of rotatable bonds is 7. The third kappa shape index (κ3) is 6.55. The highest BCUT2D eigenvalue weighted by Gasteiger charge is 2.39. The molecule has 0 saturated carbocycles. The molecule has 0 saturated heterocycles. The lowest BCUT2D eigenvalue weighted by Crippen LogP contribution is -2.28. The summed E-state index contributed by atoms with van der Waals surface area (Å²) in [6.45, 7) is 2.60. The summed E-state index contributed by atoms with van der Waals surface area (Å²) in [6.07, 6.45) is -9.29. The van der Waals surface area contributed by atoms with Crippen molar-refractivity contribution in [3.05, 3.63) is 97.4 Å². The summed E-state index contributed by atoms with van der Waals surface area (Å²) in [6, 6.07) is 8.49. The van der Waals surface area contributed by atoms with Gasteiger partial charge in [-0.3, -0.25) is 19.3 Å². The van der Waals surface area contributed by atoms with Gasteiger partial charge in [-0.15, -0.1) is 11.3 Å². The zero-order valence-corrected chi connectivity index (χ0v) is 27.5.